The number of hydrogen-bond acceptors (Lipinski definition) is 1. The fourth-order valence-electron chi connectivity index (χ4n) is 3.55. The van der Waals surface area contributed by atoms with Gasteiger partial charge in [0.1, 0.15) is 22.1 Å². The maximum atomic E-state index is 14.5. The molecule has 1 unspecified atom stereocenters. The normalized spacial score (nSPS) is 21.3. The third-order valence-corrected chi connectivity index (χ3v) is 5.32. The molecule has 0 bridgehead atoms. The highest BCUT2D eigenvalue weighted by molar-refractivity contribution is 6.31. The molecule has 2 aromatic rings. The summed E-state index contributed by atoms with van der Waals surface area (Å²) in [6, 6.07) is 10.0. The Balaban J connectivity index is 2.00. The van der Waals surface area contributed by atoms with Gasteiger partial charge in [-0.25, -0.2) is 8.78 Å². The Bertz CT molecular complexity index is 806. The average Bonchev–Trinajstić information content (AvgIpc) is 3.02. The molecule has 0 radical (unpaired) electrons. The Morgan fingerprint density at radius 2 is 1.77 bits per heavy atom. The second-order valence-electron chi connectivity index (χ2n) is 6.71. The minimum Gasteiger partial charge on any atom is -0.298 e. The minimum atomic E-state index is -4.69. The molecular formula is C19H17ClF5N. The summed E-state index contributed by atoms with van der Waals surface area (Å²) in [6.45, 7) is 1.37. The fraction of sp³-hybridized carbons (Fsp3) is 0.368. The van der Waals surface area contributed by atoms with E-state index in [2.05, 4.69) is 0 Å². The molecule has 0 saturated carbocycles. The molecule has 0 amide bonds. The third kappa shape index (κ3) is 3.21. The fourth-order valence-corrected chi connectivity index (χ4v) is 3.80. The van der Waals surface area contributed by atoms with Gasteiger partial charge in [-0.15, -0.1) is 0 Å². The van der Waals surface area contributed by atoms with E-state index in [-0.39, 0.29) is 18.5 Å². The van der Waals surface area contributed by atoms with E-state index in [1.807, 2.05) is 30.3 Å². The molecule has 0 N–H and O–H groups in total. The van der Waals surface area contributed by atoms with Crippen molar-refractivity contribution in [1.82, 2.24) is 4.90 Å². The first-order valence-electron chi connectivity index (χ1n) is 8.13. The van der Waals surface area contributed by atoms with Gasteiger partial charge in [0.15, 0.2) is 0 Å². The molecule has 26 heavy (non-hydrogen) atoms. The molecule has 140 valence electrons. The lowest BCUT2D eigenvalue weighted by molar-refractivity contribution is -0.187. The lowest BCUT2D eigenvalue weighted by atomic mass is 9.78. The number of hydrogen-bond donors (Lipinski definition) is 0. The van der Waals surface area contributed by atoms with Gasteiger partial charge in [0, 0.05) is 18.7 Å². The van der Waals surface area contributed by atoms with Crippen LogP contribution in [0.15, 0.2) is 36.4 Å². The molecule has 1 aliphatic rings. The molecule has 7 heteroatoms. The van der Waals surface area contributed by atoms with Crippen molar-refractivity contribution in [3.8, 4) is 0 Å². The summed E-state index contributed by atoms with van der Waals surface area (Å²) in [4.78, 5) is 1.63. The van der Waals surface area contributed by atoms with Crippen LogP contribution in [0.2, 0.25) is 5.02 Å². The van der Waals surface area contributed by atoms with Crippen molar-refractivity contribution in [3.05, 3.63) is 69.7 Å². The van der Waals surface area contributed by atoms with Crippen LogP contribution in [0.25, 0.3) is 0 Å². The van der Waals surface area contributed by atoms with E-state index in [4.69, 9.17) is 11.6 Å². The summed E-state index contributed by atoms with van der Waals surface area (Å²) in [5.41, 5.74) is -2.21. The van der Waals surface area contributed by atoms with Crippen molar-refractivity contribution >= 4 is 11.6 Å². The zero-order chi connectivity index (χ0) is 19.1. The second-order valence-corrected chi connectivity index (χ2v) is 7.09. The quantitative estimate of drug-likeness (QED) is 0.485. The van der Waals surface area contributed by atoms with Crippen LogP contribution in [0.3, 0.4) is 0 Å². The maximum absolute atomic E-state index is 14.5. The van der Waals surface area contributed by atoms with E-state index in [9.17, 15) is 22.0 Å². The highest BCUT2D eigenvalue weighted by Gasteiger charge is 2.60. The first-order chi connectivity index (χ1) is 12.2. The molecule has 3 rings (SSSR count). The molecule has 0 aliphatic carbocycles. The van der Waals surface area contributed by atoms with Crippen LogP contribution in [0, 0.1) is 18.6 Å². The maximum Gasteiger partial charge on any atom is 0.399 e. The summed E-state index contributed by atoms with van der Waals surface area (Å²) in [7, 11) is 0. The first kappa shape index (κ1) is 19.1. The van der Waals surface area contributed by atoms with Gasteiger partial charge < -0.3 is 0 Å². The van der Waals surface area contributed by atoms with E-state index >= 15 is 0 Å². The predicted molar refractivity (Wildman–Crippen MR) is 90.2 cm³/mol. The topological polar surface area (TPSA) is 3.24 Å². The molecule has 0 aromatic heterocycles. The van der Waals surface area contributed by atoms with Crippen LogP contribution in [-0.2, 0) is 12.0 Å². The number of alkyl halides is 3. The average molecular weight is 390 g/mol. The van der Waals surface area contributed by atoms with E-state index in [0.29, 0.717) is 6.54 Å². The van der Waals surface area contributed by atoms with Crippen molar-refractivity contribution in [2.75, 3.05) is 13.1 Å². The van der Waals surface area contributed by atoms with Gasteiger partial charge in [-0.2, -0.15) is 13.2 Å². The Morgan fingerprint density at radius 1 is 1.12 bits per heavy atom. The smallest absolute Gasteiger partial charge is 0.298 e. The highest BCUT2D eigenvalue weighted by atomic mass is 35.5. The molecule has 1 nitrogen and oxygen atoms in total. The Kier molecular flexibility index (Phi) is 5.01. The van der Waals surface area contributed by atoms with Crippen molar-refractivity contribution in [2.45, 2.75) is 31.5 Å². The number of nitrogens with zero attached hydrogens (tertiary/aromatic N) is 1. The zero-order valence-electron chi connectivity index (χ0n) is 14.0. The first-order valence-corrected chi connectivity index (χ1v) is 8.51. The number of rotatable bonds is 3. The van der Waals surface area contributed by atoms with Gasteiger partial charge >= 0.3 is 6.18 Å². The van der Waals surface area contributed by atoms with E-state index in [0.717, 1.165) is 11.6 Å². The summed E-state index contributed by atoms with van der Waals surface area (Å²) in [6.07, 6.45) is -4.99. The van der Waals surface area contributed by atoms with Crippen LogP contribution < -0.4 is 0 Å². The van der Waals surface area contributed by atoms with Gasteiger partial charge in [-0.3, -0.25) is 4.90 Å². The van der Waals surface area contributed by atoms with Gasteiger partial charge in [-0.05, 0) is 37.1 Å². The van der Waals surface area contributed by atoms with Crippen molar-refractivity contribution < 1.29 is 22.0 Å². The monoisotopic (exact) mass is 389 g/mol. The Labute approximate surface area is 153 Å². The molecule has 1 fully saturated rings. The summed E-state index contributed by atoms with van der Waals surface area (Å²) < 4.78 is 70.4. The SMILES string of the molecule is Cc1cc(C2(C(F)(F)F)CCN(Cc3ccccc3)C2)c(F)c(Cl)c1F. The van der Waals surface area contributed by atoms with Crippen LogP contribution in [0.4, 0.5) is 22.0 Å². The molecule has 2 aromatic carbocycles. The molecular weight excluding hydrogens is 373 g/mol. The standard InChI is InChI=1S/C19H17ClF5N/c1-12-9-14(17(22)15(20)16(12)21)18(19(23,24)25)7-8-26(11-18)10-13-5-3-2-4-6-13/h2-6,9H,7-8,10-11H2,1H3. The van der Waals surface area contributed by atoms with E-state index in [1.54, 1.807) is 4.90 Å². The highest BCUT2D eigenvalue weighted by Crippen LogP contribution is 2.50. The molecule has 1 heterocycles. The summed E-state index contributed by atoms with van der Waals surface area (Å²) >= 11 is 5.61. The molecule has 0 spiro atoms. The zero-order valence-corrected chi connectivity index (χ0v) is 14.8. The Morgan fingerprint density at radius 3 is 2.38 bits per heavy atom. The number of likely N-dealkylation sites (tertiary alicyclic amines) is 1. The van der Waals surface area contributed by atoms with E-state index in [1.165, 1.54) is 6.92 Å². The van der Waals surface area contributed by atoms with Crippen LogP contribution in [0.1, 0.15) is 23.1 Å². The lowest BCUT2D eigenvalue weighted by Gasteiger charge is -2.33. The van der Waals surface area contributed by atoms with Gasteiger partial charge in [0.2, 0.25) is 0 Å². The molecule has 1 saturated heterocycles. The Hall–Kier alpha value is -1.66. The van der Waals surface area contributed by atoms with Gasteiger partial charge in [0.25, 0.3) is 0 Å². The number of aryl methyl sites for hydroxylation is 1. The van der Waals surface area contributed by atoms with Gasteiger partial charge in [-0.1, -0.05) is 41.9 Å². The second kappa shape index (κ2) is 6.82. The van der Waals surface area contributed by atoms with Crippen LogP contribution >= 0.6 is 11.6 Å². The third-order valence-electron chi connectivity index (χ3n) is 4.98. The number of benzene rings is 2. The number of halogens is 6. The molecule has 1 aliphatic heterocycles. The van der Waals surface area contributed by atoms with Crippen molar-refractivity contribution in [3.63, 3.8) is 0 Å². The lowest BCUT2D eigenvalue weighted by Crippen LogP contribution is -2.45. The summed E-state index contributed by atoms with van der Waals surface area (Å²) in [5.74, 6) is -2.35. The minimum absolute atomic E-state index is 0.100. The van der Waals surface area contributed by atoms with Crippen molar-refractivity contribution in [2.24, 2.45) is 0 Å². The summed E-state index contributed by atoms with van der Waals surface area (Å²) in [5, 5.41) is -0.884. The van der Waals surface area contributed by atoms with Gasteiger partial charge in [0.05, 0.1) is 0 Å². The predicted octanol–water partition coefficient (Wildman–Crippen LogP) is 5.63. The van der Waals surface area contributed by atoms with Crippen molar-refractivity contribution in [1.29, 1.82) is 0 Å². The molecule has 1 atom stereocenters. The van der Waals surface area contributed by atoms with E-state index < -0.39 is 40.4 Å². The largest absolute Gasteiger partial charge is 0.399 e. The van der Waals surface area contributed by atoms with Crippen LogP contribution in [0.5, 0.6) is 0 Å². The van der Waals surface area contributed by atoms with Crippen LogP contribution in [-0.4, -0.2) is 24.2 Å².